The first-order valence-electron chi connectivity index (χ1n) is 12.5. The van der Waals surface area contributed by atoms with E-state index in [4.69, 9.17) is 9.97 Å². The minimum absolute atomic E-state index is 0.0915. The smallest absolute Gasteiger partial charge is 0.272 e. The Hall–Kier alpha value is -3.43. The Kier molecular flexibility index (Phi) is 5.89. The van der Waals surface area contributed by atoms with Gasteiger partial charge < -0.3 is 15.1 Å². The highest BCUT2D eigenvalue weighted by molar-refractivity contribution is 5.96. The minimum Gasteiger partial charge on any atom is -0.364 e. The number of rotatable bonds is 6. The Bertz CT molecular complexity index is 1300. The van der Waals surface area contributed by atoms with E-state index in [1.54, 1.807) is 17.2 Å². The summed E-state index contributed by atoms with van der Waals surface area (Å²) < 4.78 is 42.5. The number of anilines is 2. The standard InChI is InChI=1S/C26H27F3N6O/c27-16-2-5-18(19(28)12-16)23(29)15-6-10-34(11-7-15)25-24(31-17-3-4-17)32-20-13-21(30-14-22(20)33-25)26(36)35-8-1-9-35/h2,5,12-15,17,23H,1,3-4,6-11H2,(H,31,32)/t23-/m0/s1. The van der Waals surface area contributed by atoms with Crippen molar-refractivity contribution < 1.29 is 18.0 Å². The van der Waals surface area contributed by atoms with E-state index in [0.717, 1.165) is 44.5 Å². The van der Waals surface area contributed by atoms with Crippen LogP contribution < -0.4 is 10.2 Å². The number of alkyl halides is 1. The maximum absolute atomic E-state index is 15.1. The molecule has 10 heteroatoms. The second-order valence-electron chi connectivity index (χ2n) is 9.91. The predicted octanol–water partition coefficient (Wildman–Crippen LogP) is 4.65. The average Bonchev–Trinajstić information content (AvgIpc) is 3.66. The number of carbonyl (C=O) groups excluding carboxylic acids is 1. The molecule has 3 aromatic rings. The first-order chi connectivity index (χ1) is 17.5. The predicted molar refractivity (Wildman–Crippen MR) is 130 cm³/mol. The molecule has 2 saturated heterocycles. The number of piperidine rings is 1. The Labute approximate surface area is 206 Å². The number of nitrogens with zero attached hydrogens (tertiary/aromatic N) is 5. The summed E-state index contributed by atoms with van der Waals surface area (Å²) in [4.78, 5) is 30.4. The normalized spacial score (nSPS) is 19.3. The maximum Gasteiger partial charge on any atom is 0.272 e. The van der Waals surface area contributed by atoms with Gasteiger partial charge in [-0.3, -0.25) is 4.79 Å². The van der Waals surface area contributed by atoms with E-state index in [-0.39, 0.29) is 17.4 Å². The van der Waals surface area contributed by atoms with Crippen LogP contribution >= 0.6 is 0 Å². The minimum atomic E-state index is -1.49. The van der Waals surface area contributed by atoms with E-state index in [0.29, 0.717) is 60.3 Å². The molecular weight excluding hydrogens is 469 g/mol. The molecule has 3 fully saturated rings. The summed E-state index contributed by atoms with van der Waals surface area (Å²) in [5.41, 5.74) is 1.46. The van der Waals surface area contributed by atoms with Gasteiger partial charge in [0.15, 0.2) is 11.6 Å². The molecule has 0 bridgehead atoms. The molecule has 0 radical (unpaired) electrons. The quantitative estimate of drug-likeness (QED) is 0.536. The Morgan fingerprint density at radius 3 is 2.44 bits per heavy atom. The van der Waals surface area contributed by atoms with E-state index in [2.05, 4.69) is 15.2 Å². The zero-order chi connectivity index (χ0) is 24.8. The summed E-state index contributed by atoms with van der Waals surface area (Å²) in [5, 5.41) is 3.45. The van der Waals surface area contributed by atoms with Crippen molar-refractivity contribution in [1.82, 2.24) is 19.9 Å². The van der Waals surface area contributed by atoms with Crippen molar-refractivity contribution in [3.63, 3.8) is 0 Å². The fraction of sp³-hybridized carbons (Fsp3) is 0.462. The highest BCUT2D eigenvalue weighted by Crippen LogP contribution is 2.38. The number of hydrogen-bond donors (Lipinski definition) is 1. The lowest BCUT2D eigenvalue weighted by atomic mass is 9.88. The van der Waals surface area contributed by atoms with Crippen LogP contribution in [0.2, 0.25) is 0 Å². The Balaban J connectivity index is 1.23. The van der Waals surface area contributed by atoms with Crippen LogP contribution in [-0.2, 0) is 0 Å². The van der Waals surface area contributed by atoms with Crippen LogP contribution in [0.25, 0.3) is 11.0 Å². The number of nitrogens with one attached hydrogen (secondary N) is 1. The fourth-order valence-corrected chi connectivity index (χ4v) is 4.87. The molecule has 0 spiro atoms. The van der Waals surface area contributed by atoms with Gasteiger partial charge in [-0.15, -0.1) is 0 Å². The van der Waals surface area contributed by atoms with Crippen LogP contribution in [0.15, 0.2) is 30.5 Å². The van der Waals surface area contributed by atoms with Gasteiger partial charge in [-0.2, -0.15) is 0 Å². The summed E-state index contributed by atoms with van der Waals surface area (Å²) in [6.45, 7) is 2.57. The van der Waals surface area contributed by atoms with Crippen molar-refractivity contribution in [3.8, 4) is 0 Å². The summed E-state index contributed by atoms with van der Waals surface area (Å²) in [7, 11) is 0. The highest BCUT2D eigenvalue weighted by Gasteiger charge is 2.32. The van der Waals surface area contributed by atoms with E-state index < -0.39 is 17.8 Å². The molecule has 2 aromatic heterocycles. The van der Waals surface area contributed by atoms with Gasteiger partial charge in [0.1, 0.15) is 29.0 Å². The summed E-state index contributed by atoms with van der Waals surface area (Å²) >= 11 is 0. The van der Waals surface area contributed by atoms with E-state index >= 15 is 4.39 Å². The summed E-state index contributed by atoms with van der Waals surface area (Å²) in [5.74, 6) is -0.688. The van der Waals surface area contributed by atoms with Crippen LogP contribution in [0, 0.1) is 17.6 Å². The third-order valence-electron chi connectivity index (χ3n) is 7.33. The third kappa shape index (κ3) is 4.44. The molecule has 1 aliphatic carbocycles. The fourth-order valence-electron chi connectivity index (χ4n) is 4.87. The molecule has 36 heavy (non-hydrogen) atoms. The van der Waals surface area contributed by atoms with Gasteiger partial charge in [-0.05, 0) is 50.2 Å². The van der Waals surface area contributed by atoms with E-state index in [1.807, 2.05) is 0 Å². The first-order valence-corrected chi connectivity index (χ1v) is 12.5. The highest BCUT2D eigenvalue weighted by atomic mass is 19.1. The zero-order valence-electron chi connectivity index (χ0n) is 19.8. The molecule has 188 valence electrons. The molecule has 1 aromatic carbocycles. The van der Waals surface area contributed by atoms with Gasteiger partial charge in [0.25, 0.3) is 5.91 Å². The lowest BCUT2D eigenvalue weighted by Crippen LogP contribution is -2.42. The van der Waals surface area contributed by atoms with Crippen LogP contribution in [0.1, 0.15) is 54.3 Å². The number of carbonyl (C=O) groups is 1. The Morgan fingerprint density at radius 2 is 1.78 bits per heavy atom. The molecule has 3 aliphatic rings. The molecule has 6 rings (SSSR count). The molecule has 1 amide bonds. The van der Waals surface area contributed by atoms with Crippen molar-refractivity contribution in [2.24, 2.45) is 5.92 Å². The second kappa shape index (κ2) is 9.22. The first kappa shape index (κ1) is 23.0. The number of aromatic nitrogens is 3. The van der Waals surface area contributed by atoms with E-state index in [1.165, 1.54) is 6.07 Å². The number of hydrogen-bond acceptors (Lipinski definition) is 6. The summed E-state index contributed by atoms with van der Waals surface area (Å²) in [6.07, 6.45) is 4.22. The van der Waals surface area contributed by atoms with Crippen molar-refractivity contribution in [2.75, 3.05) is 36.4 Å². The number of halogens is 3. The molecule has 2 aliphatic heterocycles. The maximum atomic E-state index is 15.1. The number of amides is 1. The SMILES string of the molecule is O=C(c1cc2nc(NC3CC3)c(N3CCC([C@H](F)c4ccc(F)cc4F)CC3)nc2cn1)N1CCC1. The second-order valence-corrected chi connectivity index (χ2v) is 9.91. The third-order valence-corrected chi connectivity index (χ3v) is 7.33. The van der Waals surface area contributed by atoms with Crippen LogP contribution in [-0.4, -0.2) is 58.0 Å². The van der Waals surface area contributed by atoms with Gasteiger partial charge in [0, 0.05) is 43.9 Å². The molecule has 1 saturated carbocycles. The molecular formula is C26H27F3N6O. The van der Waals surface area contributed by atoms with Gasteiger partial charge in [-0.25, -0.2) is 28.1 Å². The zero-order valence-corrected chi connectivity index (χ0v) is 19.8. The largest absolute Gasteiger partial charge is 0.364 e. The van der Waals surface area contributed by atoms with Crippen molar-refractivity contribution >= 4 is 28.6 Å². The lowest BCUT2D eigenvalue weighted by molar-refractivity contribution is 0.0646. The van der Waals surface area contributed by atoms with Gasteiger partial charge >= 0.3 is 0 Å². The molecule has 7 nitrogen and oxygen atoms in total. The van der Waals surface area contributed by atoms with Crippen molar-refractivity contribution in [2.45, 2.75) is 44.3 Å². The van der Waals surface area contributed by atoms with Crippen LogP contribution in [0.4, 0.5) is 24.8 Å². The van der Waals surface area contributed by atoms with Crippen molar-refractivity contribution in [3.05, 3.63) is 53.4 Å². The number of benzene rings is 1. The van der Waals surface area contributed by atoms with Crippen LogP contribution in [0.5, 0.6) is 0 Å². The van der Waals surface area contributed by atoms with Crippen LogP contribution in [0.3, 0.4) is 0 Å². The topological polar surface area (TPSA) is 74.2 Å². The van der Waals surface area contributed by atoms with Gasteiger partial charge in [-0.1, -0.05) is 6.07 Å². The van der Waals surface area contributed by atoms with Crippen molar-refractivity contribution in [1.29, 1.82) is 0 Å². The molecule has 4 heterocycles. The monoisotopic (exact) mass is 496 g/mol. The molecule has 1 N–H and O–H groups in total. The average molecular weight is 497 g/mol. The van der Waals surface area contributed by atoms with Gasteiger partial charge in [0.05, 0.1) is 11.7 Å². The lowest BCUT2D eigenvalue weighted by Gasteiger charge is -2.35. The Morgan fingerprint density at radius 1 is 1.00 bits per heavy atom. The molecule has 0 unspecified atom stereocenters. The van der Waals surface area contributed by atoms with Gasteiger partial charge in [0.2, 0.25) is 0 Å². The number of pyridine rings is 1. The molecule has 1 atom stereocenters. The number of likely N-dealkylation sites (tertiary alicyclic amines) is 1. The summed E-state index contributed by atoms with van der Waals surface area (Å²) in [6, 6.07) is 5.06. The van der Waals surface area contributed by atoms with E-state index in [9.17, 15) is 13.6 Å². The number of fused-ring (bicyclic) bond motifs is 1.